The van der Waals surface area contributed by atoms with Crippen molar-refractivity contribution in [1.29, 1.82) is 0 Å². The summed E-state index contributed by atoms with van der Waals surface area (Å²) in [4.78, 5) is 0. The van der Waals surface area contributed by atoms with Crippen molar-refractivity contribution in [1.82, 2.24) is 0 Å². The highest BCUT2D eigenvalue weighted by Gasteiger charge is 2.24. The molecule has 1 heteroatoms. The number of hydrogen-bond acceptors (Lipinski definition) is 1. The van der Waals surface area contributed by atoms with Crippen LogP contribution in [0.3, 0.4) is 0 Å². The highest BCUT2D eigenvalue weighted by molar-refractivity contribution is 5.35. The standard InChI is InChI=1S/C33H60O/c1-4-7-10-13-15-16-17-19-22-27-31(32-28-23-24-29-33(32)34)30(25-20-12-9-6-3)26-21-18-14-11-8-5-2/h23-24,28-31,34H,4-22,25-27H2,1-3H3. The summed E-state index contributed by atoms with van der Waals surface area (Å²) < 4.78 is 0. The van der Waals surface area contributed by atoms with Gasteiger partial charge in [0, 0.05) is 0 Å². The van der Waals surface area contributed by atoms with Crippen molar-refractivity contribution in [3.8, 4) is 5.75 Å². The number of benzene rings is 1. The molecule has 0 fully saturated rings. The summed E-state index contributed by atoms with van der Waals surface area (Å²) in [7, 11) is 0. The molecule has 0 saturated heterocycles. The first kappa shape index (κ1) is 31.1. The molecular weight excluding hydrogens is 412 g/mol. The lowest BCUT2D eigenvalue weighted by molar-refractivity contribution is 0.314. The van der Waals surface area contributed by atoms with Crippen LogP contribution < -0.4 is 0 Å². The number of hydrogen-bond donors (Lipinski definition) is 1. The number of unbranched alkanes of at least 4 members (excludes halogenated alkanes) is 16. The number of para-hydroxylation sites is 1. The third-order valence-electron chi connectivity index (χ3n) is 7.88. The maximum Gasteiger partial charge on any atom is 0.119 e. The summed E-state index contributed by atoms with van der Waals surface area (Å²) in [6.07, 6.45) is 30.1. The number of aromatic hydroxyl groups is 1. The third-order valence-corrected chi connectivity index (χ3v) is 7.88. The average Bonchev–Trinajstić information content (AvgIpc) is 2.85. The van der Waals surface area contributed by atoms with Crippen LogP contribution in [0.15, 0.2) is 24.3 Å². The van der Waals surface area contributed by atoms with E-state index in [9.17, 15) is 5.11 Å². The molecule has 34 heavy (non-hydrogen) atoms. The van der Waals surface area contributed by atoms with Crippen molar-refractivity contribution in [3.05, 3.63) is 29.8 Å². The van der Waals surface area contributed by atoms with E-state index in [0.717, 1.165) is 5.92 Å². The van der Waals surface area contributed by atoms with Crippen molar-refractivity contribution in [2.24, 2.45) is 5.92 Å². The summed E-state index contributed by atoms with van der Waals surface area (Å²) in [5.41, 5.74) is 1.23. The van der Waals surface area contributed by atoms with Gasteiger partial charge in [0.1, 0.15) is 5.75 Å². The van der Waals surface area contributed by atoms with E-state index in [1.165, 1.54) is 147 Å². The summed E-state index contributed by atoms with van der Waals surface area (Å²) in [6, 6.07) is 8.25. The molecule has 0 saturated carbocycles. The van der Waals surface area contributed by atoms with Crippen LogP contribution in [0, 0.1) is 5.92 Å². The quantitative estimate of drug-likeness (QED) is 0.148. The van der Waals surface area contributed by atoms with E-state index in [1.54, 1.807) is 0 Å². The van der Waals surface area contributed by atoms with Crippen molar-refractivity contribution in [2.75, 3.05) is 0 Å². The maximum atomic E-state index is 10.8. The topological polar surface area (TPSA) is 20.2 Å². The molecular formula is C33H60O. The second-order valence-electron chi connectivity index (χ2n) is 10.9. The minimum atomic E-state index is 0.531. The van der Waals surface area contributed by atoms with E-state index >= 15 is 0 Å². The smallest absolute Gasteiger partial charge is 0.119 e. The van der Waals surface area contributed by atoms with Gasteiger partial charge >= 0.3 is 0 Å². The Balaban J connectivity index is 2.65. The van der Waals surface area contributed by atoms with Gasteiger partial charge in [0.05, 0.1) is 0 Å². The van der Waals surface area contributed by atoms with Crippen molar-refractivity contribution >= 4 is 0 Å². The molecule has 0 amide bonds. The van der Waals surface area contributed by atoms with Crippen LogP contribution in [0.2, 0.25) is 0 Å². The van der Waals surface area contributed by atoms with Gasteiger partial charge in [0.2, 0.25) is 0 Å². The first-order valence-corrected chi connectivity index (χ1v) is 15.5. The van der Waals surface area contributed by atoms with Gasteiger partial charge < -0.3 is 5.11 Å². The van der Waals surface area contributed by atoms with Gasteiger partial charge in [-0.25, -0.2) is 0 Å². The van der Waals surface area contributed by atoms with Gasteiger partial charge in [-0.3, -0.25) is 0 Å². The van der Waals surface area contributed by atoms with E-state index in [1.807, 2.05) is 12.1 Å². The monoisotopic (exact) mass is 472 g/mol. The molecule has 0 aliphatic carbocycles. The Morgan fingerprint density at radius 3 is 1.35 bits per heavy atom. The van der Waals surface area contributed by atoms with E-state index in [4.69, 9.17) is 0 Å². The Hall–Kier alpha value is -0.980. The fourth-order valence-corrected chi connectivity index (χ4v) is 5.69. The van der Waals surface area contributed by atoms with Crippen LogP contribution in [0.25, 0.3) is 0 Å². The van der Waals surface area contributed by atoms with E-state index in [2.05, 4.69) is 32.9 Å². The number of phenols is 1. The first-order valence-electron chi connectivity index (χ1n) is 15.5. The summed E-state index contributed by atoms with van der Waals surface area (Å²) in [5, 5.41) is 10.8. The summed E-state index contributed by atoms with van der Waals surface area (Å²) in [5.74, 6) is 1.79. The first-order chi connectivity index (χ1) is 16.7. The van der Waals surface area contributed by atoms with Gasteiger partial charge in [-0.05, 0) is 42.7 Å². The lowest BCUT2D eigenvalue weighted by atomic mass is 9.76. The van der Waals surface area contributed by atoms with Crippen LogP contribution in [-0.2, 0) is 0 Å². The van der Waals surface area contributed by atoms with Crippen molar-refractivity contribution in [2.45, 2.75) is 168 Å². The van der Waals surface area contributed by atoms with Crippen molar-refractivity contribution < 1.29 is 5.11 Å². The zero-order chi connectivity index (χ0) is 24.7. The molecule has 1 aromatic rings. The van der Waals surface area contributed by atoms with Gasteiger partial charge in [-0.2, -0.15) is 0 Å². The normalized spacial score (nSPS) is 13.3. The molecule has 2 atom stereocenters. The molecule has 2 unspecified atom stereocenters. The molecule has 1 aromatic carbocycles. The lowest BCUT2D eigenvalue weighted by Crippen LogP contribution is -2.14. The largest absolute Gasteiger partial charge is 0.508 e. The molecule has 0 heterocycles. The van der Waals surface area contributed by atoms with Crippen molar-refractivity contribution in [3.63, 3.8) is 0 Å². The van der Waals surface area contributed by atoms with Crippen LogP contribution in [0.4, 0.5) is 0 Å². The highest BCUT2D eigenvalue weighted by Crippen LogP contribution is 2.40. The molecule has 0 aliphatic rings. The average molecular weight is 473 g/mol. The van der Waals surface area contributed by atoms with Crippen LogP contribution in [0.5, 0.6) is 5.75 Å². The van der Waals surface area contributed by atoms with Gasteiger partial charge in [-0.15, -0.1) is 0 Å². The van der Waals surface area contributed by atoms with Gasteiger partial charge in [0.15, 0.2) is 0 Å². The molecule has 0 aliphatic heterocycles. The molecule has 1 rings (SSSR count). The zero-order valence-corrected chi connectivity index (χ0v) is 23.5. The van der Waals surface area contributed by atoms with Gasteiger partial charge in [0.25, 0.3) is 0 Å². The highest BCUT2D eigenvalue weighted by atomic mass is 16.3. The fourth-order valence-electron chi connectivity index (χ4n) is 5.69. The Morgan fingerprint density at radius 1 is 0.500 bits per heavy atom. The minimum absolute atomic E-state index is 0.531. The minimum Gasteiger partial charge on any atom is -0.508 e. The van der Waals surface area contributed by atoms with E-state index in [-0.39, 0.29) is 0 Å². The predicted molar refractivity (Wildman–Crippen MR) is 153 cm³/mol. The third kappa shape index (κ3) is 15.1. The maximum absolute atomic E-state index is 10.8. The Labute approximate surface area is 214 Å². The molecule has 0 aromatic heterocycles. The van der Waals surface area contributed by atoms with Crippen LogP contribution in [0.1, 0.15) is 174 Å². The SMILES string of the molecule is CCCCCCCCCCCC(c1ccccc1O)C(CCCCCC)CCCCCCCC. The lowest BCUT2D eigenvalue weighted by Gasteiger charge is -2.29. The molecule has 198 valence electrons. The summed E-state index contributed by atoms with van der Waals surface area (Å²) in [6.45, 7) is 6.91. The fraction of sp³-hybridized carbons (Fsp3) is 0.818. The Bertz CT molecular complexity index is 551. The predicted octanol–water partition coefficient (Wildman–Crippen LogP) is 11.7. The molecule has 0 radical (unpaired) electrons. The Morgan fingerprint density at radius 2 is 0.882 bits per heavy atom. The number of phenolic OH excluding ortho intramolecular Hbond substituents is 1. The van der Waals surface area contributed by atoms with Crippen LogP contribution in [-0.4, -0.2) is 5.11 Å². The van der Waals surface area contributed by atoms with E-state index < -0.39 is 0 Å². The zero-order valence-electron chi connectivity index (χ0n) is 23.5. The molecule has 0 bridgehead atoms. The molecule has 0 spiro atoms. The summed E-state index contributed by atoms with van der Waals surface area (Å²) >= 11 is 0. The van der Waals surface area contributed by atoms with Crippen LogP contribution >= 0.6 is 0 Å². The Kier molecular flexibility index (Phi) is 20.5. The molecule has 1 N–H and O–H groups in total. The van der Waals surface area contributed by atoms with Gasteiger partial charge in [-0.1, -0.05) is 161 Å². The second-order valence-corrected chi connectivity index (χ2v) is 10.9. The van der Waals surface area contributed by atoms with E-state index in [0.29, 0.717) is 11.7 Å². The number of rotatable bonds is 24. The molecule has 1 nitrogen and oxygen atoms in total. The second kappa shape index (κ2) is 22.5.